The van der Waals surface area contributed by atoms with Crippen LogP contribution in [-0.2, 0) is 24.3 Å². The van der Waals surface area contributed by atoms with Gasteiger partial charge in [0.15, 0.2) is 0 Å². The average Bonchev–Trinajstić information content (AvgIpc) is 2.72. The van der Waals surface area contributed by atoms with Crippen molar-refractivity contribution < 1.29 is 22.7 Å². The molecule has 2 heterocycles. The molecule has 4 rings (SSSR count). The molecule has 1 N–H and O–H groups in total. The zero-order valence-corrected chi connectivity index (χ0v) is 17.6. The van der Waals surface area contributed by atoms with Gasteiger partial charge in [-0.15, -0.1) is 0 Å². The van der Waals surface area contributed by atoms with E-state index >= 15 is 0 Å². The number of carbonyl (C=O) groups excluding carboxylic acids is 2. The van der Waals surface area contributed by atoms with Gasteiger partial charge in [-0.3, -0.25) is 9.78 Å². The number of ether oxygens (including phenoxy) is 1. The van der Waals surface area contributed by atoms with Crippen molar-refractivity contribution in [2.75, 3.05) is 16.2 Å². The number of benzene rings is 2. The number of anilines is 2. The third-order valence-electron chi connectivity index (χ3n) is 4.67. The minimum atomic E-state index is -4.17. The van der Waals surface area contributed by atoms with E-state index in [4.69, 9.17) is 4.74 Å². The molecule has 158 valence electrons. The van der Waals surface area contributed by atoms with Crippen molar-refractivity contribution in [1.82, 2.24) is 4.98 Å². The third-order valence-corrected chi connectivity index (χ3v) is 6.48. The van der Waals surface area contributed by atoms with E-state index in [9.17, 15) is 18.0 Å². The fourth-order valence-corrected chi connectivity index (χ4v) is 5.11. The van der Waals surface area contributed by atoms with E-state index in [1.54, 1.807) is 31.3 Å². The number of esters is 1. The highest BCUT2D eigenvalue weighted by Crippen LogP contribution is 2.39. The molecule has 0 radical (unpaired) electrons. The average molecular weight is 437 g/mol. The Morgan fingerprint density at radius 3 is 2.65 bits per heavy atom. The van der Waals surface area contributed by atoms with Gasteiger partial charge < -0.3 is 10.1 Å². The van der Waals surface area contributed by atoms with Crippen LogP contribution in [0.5, 0.6) is 0 Å². The first-order chi connectivity index (χ1) is 14.8. The normalized spacial score (nSPS) is 14.5. The van der Waals surface area contributed by atoms with Crippen LogP contribution in [0.1, 0.15) is 19.4 Å². The molecule has 0 unspecified atom stereocenters. The van der Waals surface area contributed by atoms with E-state index in [1.165, 1.54) is 31.2 Å². The smallest absolute Gasteiger partial charge is 0.356 e. The van der Waals surface area contributed by atoms with Gasteiger partial charge in [-0.25, -0.2) is 17.5 Å². The molecule has 1 amide bonds. The second kappa shape index (κ2) is 7.84. The molecule has 8 nitrogen and oxygen atoms in total. The minimum absolute atomic E-state index is 0.00239. The van der Waals surface area contributed by atoms with Gasteiger partial charge in [0.1, 0.15) is 5.70 Å². The van der Waals surface area contributed by atoms with E-state index in [0.717, 1.165) is 9.69 Å². The molecule has 1 aliphatic rings. The van der Waals surface area contributed by atoms with Gasteiger partial charge in [-0.05, 0) is 48.9 Å². The molecule has 0 saturated heterocycles. The van der Waals surface area contributed by atoms with E-state index in [2.05, 4.69) is 10.3 Å². The van der Waals surface area contributed by atoms with Crippen LogP contribution in [0, 0.1) is 0 Å². The lowest BCUT2D eigenvalue weighted by atomic mass is 10.1. The van der Waals surface area contributed by atoms with Crippen LogP contribution in [0.15, 0.2) is 65.3 Å². The second-order valence-electron chi connectivity index (χ2n) is 6.81. The molecule has 0 atom stereocenters. The second-order valence-corrected chi connectivity index (χ2v) is 8.56. The van der Waals surface area contributed by atoms with Gasteiger partial charge in [0.05, 0.1) is 22.7 Å². The summed E-state index contributed by atoms with van der Waals surface area (Å²) in [5, 5.41) is 3.34. The topological polar surface area (TPSA) is 106 Å². The molecular weight excluding hydrogens is 418 g/mol. The van der Waals surface area contributed by atoms with Gasteiger partial charge in [-0.1, -0.05) is 18.2 Å². The summed E-state index contributed by atoms with van der Waals surface area (Å²) in [7, 11) is -4.17. The minimum Gasteiger partial charge on any atom is -0.461 e. The van der Waals surface area contributed by atoms with Crippen molar-refractivity contribution in [2.24, 2.45) is 0 Å². The monoisotopic (exact) mass is 437 g/mol. The number of hydrogen-bond acceptors (Lipinski definition) is 6. The van der Waals surface area contributed by atoms with Crippen molar-refractivity contribution in [1.29, 1.82) is 0 Å². The van der Waals surface area contributed by atoms with E-state index < -0.39 is 16.0 Å². The zero-order valence-electron chi connectivity index (χ0n) is 16.8. The Labute approximate surface area is 179 Å². The number of carbonyl (C=O) groups is 2. The molecule has 31 heavy (non-hydrogen) atoms. The fraction of sp³-hybridized carbons (Fsp3) is 0.136. The van der Waals surface area contributed by atoms with Gasteiger partial charge in [0.25, 0.3) is 10.0 Å². The lowest BCUT2D eigenvalue weighted by Gasteiger charge is -2.30. The maximum Gasteiger partial charge on any atom is 0.356 e. The number of amides is 1. The number of sulfonamides is 1. The predicted octanol–water partition coefficient (Wildman–Crippen LogP) is 3.31. The first-order valence-electron chi connectivity index (χ1n) is 9.52. The van der Waals surface area contributed by atoms with Crippen molar-refractivity contribution >= 4 is 50.3 Å². The maximum absolute atomic E-state index is 13.7. The van der Waals surface area contributed by atoms with Crippen LogP contribution in [-0.4, -0.2) is 31.9 Å². The Balaban J connectivity index is 1.98. The summed E-state index contributed by atoms with van der Waals surface area (Å²) in [5.41, 5.74) is 1.21. The summed E-state index contributed by atoms with van der Waals surface area (Å²) in [6.07, 6.45) is 3.01. The Hall–Kier alpha value is -3.72. The predicted molar refractivity (Wildman–Crippen MR) is 117 cm³/mol. The highest BCUT2D eigenvalue weighted by molar-refractivity contribution is 7.93. The number of fused-ring (bicyclic) bond motifs is 2. The van der Waals surface area contributed by atoms with Crippen molar-refractivity contribution in [2.45, 2.75) is 18.7 Å². The number of rotatable bonds is 4. The van der Waals surface area contributed by atoms with E-state index in [1.807, 2.05) is 12.1 Å². The standard InChI is InChI=1S/C22H19N3O5S/c1-3-30-22(27)19-13-16-12-17(24-14(2)26)9-10-20(16)31(28,29)25(19)18-8-4-6-15-7-5-11-23-21(15)18/h4-13H,3H2,1-2H3,(H,24,26). The van der Waals surface area contributed by atoms with Crippen molar-refractivity contribution in [3.8, 4) is 0 Å². The Kier molecular flexibility index (Phi) is 5.20. The molecule has 0 saturated carbocycles. The quantitative estimate of drug-likeness (QED) is 0.628. The summed E-state index contributed by atoms with van der Waals surface area (Å²) in [6, 6.07) is 13.1. The number of para-hydroxylation sites is 1. The molecule has 3 aromatic rings. The zero-order chi connectivity index (χ0) is 22.2. The highest BCUT2D eigenvalue weighted by atomic mass is 32.2. The largest absolute Gasteiger partial charge is 0.461 e. The number of aromatic nitrogens is 1. The summed E-state index contributed by atoms with van der Waals surface area (Å²) in [5.74, 6) is -1.08. The van der Waals surface area contributed by atoms with E-state index in [-0.39, 0.29) is 34.4 Å². The maximum atomic E-state index is 13.7. The molecule has 2 aromatic carbocycles. The molecule has 0 spiro atoms. The summed E-state index contributed by atoms with van der Waals surface area (Å²) in [6.45, 7) is 3.07. The first-order valence-corrected chi connectivity index (χ1v) is 11.0. The van der Waals surface area contributed by atoms with Crippen LogP contribution in [0.2, 0.25) is 0 Å². The van der Waals surface area contributed by atoms with Crippen LogP contribution in [0.4, 0.5) is 11.4 Å². The summed E-state index contributed by atoms with van der Waals surface area (Å²) >= 11 is 0. The van der Waals surface area contributed by atoms with Gasteiger partial charge in [-0.2, -0.15) is 0 Å². The highest BCUT2D eigenvalue weighted by Gasteiger charge is 2.38. The Morgan fingerprint density at radius 2 is 1.90 bits per heavy atom. The van der Waals surface area contributed by atoms with Gasteiger partial charge in [0.2, 0.25) is 5.91 Å². The molecule has 0 bridgehead atoms. The van der Waals surface area contributed by atoms with Crippen molar-refractivity contribution in [3.05, 3.63) is 66.0 Å². The molecular formula is C22H19N3O5S. The van der Waals surface area contributed by atoms with Gasteiger partial charge in [0, 0.05) is 24.2 Å². The molecule has 0 fully saturated rings. The lowest BCUT2D eigenvalue weighted by molar-refractivity contribution is -0.138. The molecule has 9 heteroatoms. The number of nitrogens with one attached hydrogen (secondary N) is 1. The first kappa shape index (κ1) is 20.5. The van der Waals surface area contributed by atoms with Crippen LogP contribution < -0.4 is 9.62 Å². The Morgan fingerprint density at radius 1 is 1.13 bits per heavy atom. The van der Waals surface area contributed by atoms with Gasteiger partial charge >= 0.3 is 5.97 Å². The summed E-state index contributed by atoms with van der Waals surface area (Å²) < 4.78 is 33.4. The van der Waals surface area contributed by atoms with Crippen LogP contribution in [0.3, 0.4) is 0 Å². The third kappa shape index (κ3) is 3.64. The van der Waals surface area contributed by atoms with E-state index in [0.29, 0.717) is 11.2 Å². The molecule has 1 aromatic heterocycles. The number of hydrogen-bond donors (Lipinski definition) is 1. The Bertz CT molecular complexity index is 1340. The lowest BCUT2D eigenvalue weighted by Crippen LogP contribution is -2.37. The SMILES string of the molecule is CCOC(=O)C1=Cc2cc(NC(C)=O)ccc2S(=O)(=O)N1c1cccc2cccnc12. The van der Waals surface area contributed by atoms with Crippen LogP contribution >= 0.6 is 0 Å². The molecule has 1 aliphatic heterocycles. The van der Waals surface area contributed by atoms with Crippen molar-refractivity contribution in [3.63, 3.8) is 0 Å². The van der Waals surface area contributed by atoms with Crippen LogP contribution in [0.25, 0.3) is 17.0 Å². The summed E-state index contributed by atoms with van der Waals surface area (Å²) in [4.78, 5) is 28.5. The fourth-order valence-electron chi connectivity index (χ4n) is 3.47. The number of nitrogens with zero attached hydrogens (tertiary/aromatic N) is 2. The molecule has 0 aliphatic carbocycles. The number of pyridine rings is 1.